The van der Waals surface area contributed by atoms with E-state index in [1.54, 1.807) is 0 Å². The highest BCUT2D eigenvalue weighted by atomic mass is 35.5. The highest BCUT2D eigenvalue weighted by molar-refractivity contribution is 6.30. The zero-order chi connectivity index (χ0) is 19.4. The zero-order valence-electron chi connectivity index (χ0n) is 16.5. The van der Waals surface area contributed by atoms with Crippen LogP contribution in [0.1, 0.15) is 29.9 Å². The van der Waals surface area contributed by atoms with Crippen LogP contribution in [0, 0.1) is 13.8 Å². The summed E-state index contributed by atoms with van der Waals surface area (Å²) in [5, 5.41) is 8.35. The number of aromatic nitrogens is 1. The molecule has 2 heterocycles. The first-order valence-corrected chi connectivity index (χ1v) is 9.76. The van der Waals surface area contributed by atoms with Gasteiger partial charge in [-0.3, -0.25) is 4.99 Å². The number of hydrogen-bond acceptors (Lipinski definition) is 4. The second-order valence-electron chi connectivity index (χ2n) is 7.02. The lowest BCUT2D eigenvalue weighted by atomic mass is 10.00. The molecule has 3 rings (SSSR count). The highest BCUT2D eigenvalue weighted by Crippen LogP contribution is 2.23. The molecule has 7 heteroatoms. The SMILES string of the molecule is CN=C(NCC(C)c1c(C)noc1C)N1CCN(c2cccc(Cl)c2)CC1. The number of rotatable bonds is 4. The largest absolute Gasteiger partial charge is 0.368 e. The van der Waals surface area contributed by atoms with Crippen molar-refractivity contribution in [2.45, 2.75) is 26.7 Å². The summed E-state index contributed by atoms with van der Waals surface area (Å²) < 4.78 is 5.29. The normalized spacial score (nSPS) is 16.6. The van der Waals surface area contributed by atoms with Crippen LogP contribution in [0.2, 0.25) is 5.02 Å². The van der Waals surface area contributed by atoms with Gasteiger partial charge in [0.05, 0.1) is 5.69 Å². The lowest BCUT2D eigenvalue weighted by molar-refractivity contribution is 0.371. The summed E-state index contributed by atoms with van der Waals surface area (Å²) in [4.78, 5) is 9.14. The Morgan fingerprint density at radius 3 is 2.63 bits per heavy atom. The van der Waals surface area contributed by atoms with Crippen molar-refractivity contribution in [3.05, 3.63) is 46.3 Å². The van der Waals surface area contributed by atoms with Gasteiger partial charge in [-0.15, -0.1) is 0 Å². The van der Waals surface area contributed by atoms with E-state index in [9.17, 15) is 0 Å². The number of anilines is 1. The van der Waals surface area contributed by atoms with Crippen LogP contribution in [0.5, 0.6) is 0 Å². The molecule has 0 amide bonds. The summed E-state index contributed by atoms with van der Waals surface area (Å²) in [6, 6.07) is 8.04. The molecule has 0 bridgehead atoms. The van der Waals surface area contributed by atoms with Crippen molar-refractivity contribution in [2.75, 3.05) is 44.7 Å². The van der Waals surface area contributed by atoms with Crippen LogP contribution in [0.3, 0.4) is 0 Å². The number of benzene rings is 1. The molecule has 0 saturated carbocycles. The topological polar surface area (TPSA) is 56.9 Å². The van der Waals surface area contributed by atoms with Gasteiger partial charge in [0.15, 0.2) is 5.96 Å². The second kappa shape index (κ2) is 8.65. The summed E-state index contributed by atoms with van der Waals surface area (Å²) in [7, 11) is 1.84. The number of nitrogens with one attached hydrogen (secondary N) is 1. The van der Waals surface area contributed by atoms with E-state index in [-0.39, 0.29) is 0 Å². The van der Waals surface area contributed by atoms with E-state index < -0.39 is 0 Å². The minimum atomic E-state index is 0.306. The molecule has 0 radical (unpaired) electrons. The van der Waals surface area contributed by atoms with Crippen molar-refractivity contribution in [2.24, 2.45) is 4.99 Å². The number of halogens is 1. The molecule has 1 saturated heterocycles. The number of aryl methyl sites for hydroxylation is 2. The third-order valence-corrected chi connectivity index (χ3v) is 5.35. The Morgan fingerprint density at radius 2 is 2.04 bits per heavy atom. The van der Waals surface area contributed by atoms with Gasteiger partial charge in [-0.1, -0.05) is 29.7 Å². The van der Waals surface area contributed by atoms with Crippen LogP contribution in [0.25, 0.3) is 0 Å². The molecule has 1 aliphatic heterocycles. The molecule has 1 N–H and O–H groups in total. The number of aliphatic imine (C=N–C) groups is 1. The Kier molecular flexibility index (Phi) is 6.26. The molecule has 1 unspecified atom stereocenters. The summed E-state index contributed by atoms with van der Waals surface area (Å²) >= 11 is 6.12. The smallest absolute Gasteiger partial charge is 0.193 e. The predicted molar refractivity (Wildman–Crippen MR) is 111 cm³/mol. The van der Waals surface area contributed by atoms with E-state index >= 15 is 0 Å². The molecule has 1 aromatic carbocycles. The van der Waals surface area contributed by atoms with Crippen molar-refractivity contribution in [3.63, 3.8) is 0 Å². The monoisotopic (exact) mass is 389 g/mol. The molecule has 1 fully saturated rings. The minimum absolute atomic E-state index is 0.306. The van der Waals surface area contributed by atoms with Gasteiger partial charge in [0.25, 0.3) is 0 Å². The van der Waals surface area contributed by atoms with E-state index in [1.165, 1.54) is 11.3 Å². The second-order valence-corrected chi connectivity index (χ2v) is 7.46. The third-order valence-electron chi connectivity index (χ3n) is 5.11. The van der Waals surface area contributed by atoms with Crippen molar-refractivity contribution in [1.82, 2.24) is 15.4 Å². The number of piperazine rings is 1. The Bertz CT molecular complexity index is 776. The lowest BCUT2D eigenvalue weighted by Gasteiger charge is -2.38. The third kappa shape index (κ3) is 4.56. The van der Waals surface area contributed by atoms with E-state index in [0.717, 1.165) is 55.2 Å². The molecule has 146 valence electrons. The fraction of sp³-hybridized carbons (Fsp3) is 0.500. The Labute approximate surface area is 166 Å². The van der Waals surface area contributed by atoms with Gasteiger partial charge in [-0.05, 0) is 32.0 Å². The molecule has 0 aliphatic carbocycles. The Hall–Kier alpha value is -2.21. The molecule has 27 heavy (non-hydrogen) atoms. The highest BCUT2D eigenvalue weighted by Gasteiger charge is 2.21. The first kappa shape index (κ1) is 19.5. The van der Waals surface area contributed by atoms with Gasteiger partial charge in [-0.25, -0.2) is 0 Å². The first-order valence-electron chi connectivity index (χ1n) is 9.38. The molecule has 1 aromatic heterocycles. The maximum absolute atomic E-state index is 6.12. The number of guanidine groups is 1. The van der Waals surface area contributed by atoms with Crippen LogP contribution < -0.4 is 10.2 Å². The van der Waals surface area contributed by atoms with Gasteiger partial charge in [-0.2, -0.15) is 0 Å². The maximum atomic E-state index is 6.12. The van der Waals surface area contributed by atoms with Crippen molar-refractivity contribution in [1.29, 1.82) is 0 Å². The molecular weight excluding hydrogens is 362 g/mol. The molecule has 2 aromatic rings. The van der Waals surface area contributed by atoms with Crippen LogP contribution in [0.15, 0.2) is 33.8 Å². The van der Waals surface area contributed by atoms with Crippen LogP contribution >= 0.6 is 11.6 Å². The van der Waals surface area contributed by atoms with Crippen molar-refractivity contribution in [3.8, 4) is 0 Å². The zero-order valence-corrected chi connectivity index (χ0v) is 17.3. The molecular formula is C20H28ClN5O. The summed E-state index contributed by atoms with van der Waals surface area (Å²) in [5.41, 5.74) is 3.33. The first-order chi connectivity index (χ1) is 13.0. The molecule has 1 atom stereocenters. The van der Waals surface area contributed by atoms with E-state index in [4.69, 9.17) is 16.1 Å². The van der Waals surface area contributed by atoms with Crippen LogP contribution in [0.4, 0.5) is 5.69 Å². The summed E-state index contributed by atoms with van der Waals surface area (Å²) in [6.07, 6.45) is 0. The Balaban J connectivity index is 1.55. The average molecular weight is 390 g/mol. The van der Waals surface area contributed by atoms with Gasteiger partial charge in [0.1, 0.15) is 5.76 Å². The van der Waals surface area contributed by atoms with E-state index in [1.807, 2.05) is 39.1 Å². The van der Waals surface area contributed by atoms with Crippen molar-refractivity contribution < 1.29 is 4.52 Å². The average Bonchev–Trinajstić information content (AvgIpc) is 3.01. The fourth-order valence-corrected chi connectivity index (χ4v) is 3.91. The number of hydrogen-bond donors (Lipinski definition) is 1. The quantitative estimate of drug-likeness (QED) is 0.641. The van der Waals surface area contributed by atoms with Gasteiger partial charge in [0.2, 0.25) is 0 Å². The van der Waals surface area contributed by atoms with E-state index in [2.05, 4.69) is 38.3 Å². The fourth-order valence-electron chi connectivity index (χ4n) is 3.72. The molecule has 6 nitrogen and oxygen atoms in total. The van der Waals surface area contributed by atoms with Crippen LogP contribution in [-0.4, -0.2) is 55.8 Å². The molecule has 0 spiro atoms. The van der Waals surface area contributed by atoms with Gasteiger partial charge < -0.3 is 19.6 Å². The summed E-state index contributed by atoms with van der Waals surface area (Å²) in [5.74, 6) is 2.15. The lowest BCUT2D eigenvalue weighted by Crippen LogP contribution is -2.53. The van der Waals surface area contributed by atoms with Gasteiger partial charge >= 0.3 is 0 Å². The minimum Gasteiger partial charge on any atom is -0.368 e. The Morgan fingerprint density at radius 1 is 1.30 bits per heavy atom. The van der Waals surface area contributed by atoms with Crippen LogP contribution in [-0.2, 0) is 0 Å². The predicted octanol–water partition coefficient (Wildman–Crippen LogP) is 3.45. The van der Waals surface area contributed by atoms with E-state index in [0.29, 0.717) is 5.92 Å². The standard InChI is InChI=1S/C20H28ClN5O/c1-14(19-15(2)24-27-16(19)3)13-23-20(22-4)26-10-8-25(9-11-26)18-7-5-6-17(21)12-18/h5-7,12,14H,8-11,13H2,1-4H3,(H,22,23). The number of nitrogens with zero attached hydrogens (tertiary/aromatic N) is 4. The van der Waals surface area contributed by atoms with Crippen molar-refractivity contribution >= 4 is 23.2 Å². The molecule has 1 aliphatic rings. The maximum Gasteiger partial charge on any atom is 0.193 e. The summed E-state index contributed by atoms with van der Waals surface area (Å²) in [6.45, 7) is 10.7. The van der Waals surface area contributed by atoms with Gasteiger partial charge in [0, 0.05) is 62.0 Å².